The number of carbonyl (C=O) groups is 2. The van der Waals surface area contributed by atoms with Crippen molar-refractivity contribution in [2.75, 3.05) is 12.4 Å². The number of anilines is 1. The van der Waals surface area contributed by atoms with E-state index in [9.17, 15) is 9.59 Å². The van der Waals surface area contributed by atoms with Crippen LogP contribution >= 0.6 is 0 Å². The molecular weight excluding hydrogens is 232 g/mol. The monoisotopic (exact) mass is 250 g/mol. The molecule has 1 aromatic rings. The second-order valence-electron chi connectivity index (χ2n) is 4.22. The van der Waals surface area contributed by atoms with Crippen LogP contribution in [-0.4, -0.2) is 25.2 Å². The van der Waals surface area contributed by atoms with Crippen molar-refractivity contribution < 1.29 is 14.3 Å². The number of esters is 1. The summed E-state index contributed by atoms with van der Waals surface area (Å²) in [5, 5.41) is 5.17. The fourth-order valence-electron chi connectivity index (χ4n) is 1.65. The zero-order valence-corrected chi connectivity index (χ0v) is 11.0. The third-order valence-corrected chi connectivity index (χ3v) is 2.38. The first-order valence-electron chi connectivity index (χ1n) is 5.66. The van der Waals surface area contributed by atoms with E-state index < -0.39 is 18.0 Å². The van der Waals surface area contributed by atoms with E-state index in [1.807, 2.05) is 32.0 Å². The summed E-state index contributed by atoms with van der Waals surface area (Å²) in [4.78, 5) is 22.8. The van der Waals surface area contributed by atoms with Gasteiger partial charge in [0.05, 0.1) is 7.11 Å². The van der Waals surface area contributed by atoms with Gasteiger partial charge in [-0.15, -0.1) is 0 Å². The highest BCUT2D eigenvalue weighted by molar-refractivity contribution is 5.92. The molecule has 5 heteroatoms. The summed E-state index contributed by atoms with van der Waals surface area (Å²) in [5.74, 6) is -0.481. The average Bonchev–Trinajstić information content (AvgIpc) is 2.25. The number of methoxy groups -OCH3 is 1. The molecule has 5 nitrogen and oxygen atoms in total. The number of hydrogen-bond acceptors (Lipinski definition) is 3. The first kappa shape index (κ1) is 14.0. The first-order chi connectivity index (χ1) is 8.42. The van der Waals surface area contributed by atoms with E-state index >= 15 is 0 Å². The lowest BCUT2D eigenvalue weighted by molar-refractivity contribution is -0.142. The van der Waals surface area contributed by atoms with Gasteiger partial charge in [0, 0.05) is 5.69 Å². The molecule has 1 aromatic carbocycles. The molecule has 0 aromatic heterocycles. The summed E-state index contributed by atoms with van der Waals surface area (Å²) in [6.07, 6.45) is 0. The van der Waals surface area contributed by atoms with Crippen molar-refractivity contribution in [2.45, 2.75) is 26.8 Å². The van der Waals surface area contributed by atoms with Gasteiger partial charge in [-0.3, -0.25) is 0 Å². The van der Waals surface area contributed by atoms with Crippen LogP contribution in [-0.2, 0) is 9.53 Å². The topological polar surface area (TPSA) is 67.4 Å². The molecule has 0 bridgehead atoms. The van der Waals surface area contributed by atoms with Crippen LogP contribution in [0.4, 0.5) is 10.5 Å². The van der Waals surface area contributed by atoms with Crippen molar-refractivity contribution in [1.29, 1.82) is 0 Å². The average molecular weight is 250 g/mol. The Morgan fingerprint density at radius 1 is 1.17 bits per heavy atom. The lowest BCUT2D eigenvalue weighted by atomic mass is 10.1. The fourth-order valence-corrected chi connectivity index (χ4v) is 1.65. The molecule has 0 aliphatic rings. The first-order valence-corrected chi connectivity index (χ1v) is 5.66. The minimum atomic E-state index is -0.680. The molecule has 0 saturated carbocycles. The van der Waals surface area contributed by atoms with E-state index in [2.05, 4.69) is 15.4 Å². The zero-order valence-electron chi connectivity index (χ0n) is 11.0. The minimum absolute atomic E-state index is 0.432. The van der Waals surface area contributed by atoms with Gasteiger partial charge in [-0.05, 0) is 44.0 Å². The molecule has 2 amide bonds. The highest BCUT2D eigenvalue weighted by atomic mass is 16.5. The standard InChI is InChI=1S/C13H18N2O3/c1-8-5-9(2)7-11(6-8)15-13(17)14-10(3)12(16)18-4/h5-7,10H,1-4H3,(H2,14,15,17)/t10-/m0/s1. The van der Waals surface area contributed by atoms with Crippen molar-refractivity contribution in [1.82, 2.24) is 5.32 Å². The molecule has 0 aliphatic heterocycles. The molecule has 1 atom stereocenters. The van der Waals surface area contributed by atoms with Crippen molar-refractivity contribution in [2.24, 2.45) is 0 Å². The lowest BCUT2D eigenvalue weighted by Crippen LogP contribution is -2.41. The third kappa shape index (κ3) is 4.08. The van der Waals surface area contributed by atoms with E-state index in [1.54, 1.807) is 6.92 Å². The van der Waals surface area contributed by atoms with Gasteiger partial charge in [0.2, 0.25) is 0 Å². The predicted octanol–water partition coefficient (Wildman–Crippen LogP) is 1.99. The number of rotatable bonds is 3. The highest BCUT2D eigenvalue weighted by Gasteiger charge is 2.15. The summed E-state index contributed by atoms with van der Waals surface area (Å²) in [6.45, 7) is 5.47. The largest absolute Gasteiger partial charge is 0.467 e. The molecule has 0 fully saturated rings. The number of urea groups is 1. The van der Waals surface area contributed by atoms with Crippen molar-refractivity contribution >= 4 is 17.7 Å². The van der Waals surface area contributed by atoms with Gasteiger partial charge in [0.1, 0.15) is 6.04 Å². The molecule has 98 valence electrons. The van der Waals surface area contributed by atoms with Gasteiger partial charge in [-0.25, -0.2) is 9.59 Å². The highest BCUT2D eigenvalue weighted by Crippen LogP contribution is 2.13. The Morgan fingerprint density at radius 2 is 1.72 bits per heavy atom. The third-order valence-electron chi connectivity index (χ3n) is 2.38. The van der Waals surface area contributed by atoms with Crippen LogP contribution in [0.25, 0.3) is 0 Å². The summed E-state index contributed by atoms with van der Waals surface area (Å²) in [5.41, 5.74) is 2.82. The number of benzene rings is 1. The van der Waals surface area contributed by atoms with Gasteiger partial charge in [0.15, 0.2) is 0 Å². The Morgan fingerprint density at radius 3 is 2.22 bits per heavy atom. The molecule has 0 radical (unpaired) electrons. The van der Waals surface area contributed by atoms with Crippen LogP contribution in [0, 0.1) is 13.8 Å². The van der Waals surface area contributed by atoms with Crippen LogP contribution < -0.4 is 10.6 Å². The Kier molecular flexibility index (Phi) is 4.71. The van der Waals surface area contributed by atoms with Gasteiger partial charge in [-0.1, -0.05) is 6.07 Å². The van der Waals surface area contributed by atoms with Gasteiger partial charge in [0.25, 0.3) is 0 Å². The number of amides is 2. The van der Waals surface area contributed by atoms with Crippen LogP contribution in [0.2, 0.25) is 0 Å². The summed E-state index contributed by atoms with van der Waals surface area (Å²) < 4.78 is 4.52. The van der Waals surface area contributed by atoms with E-state index in [0.29, 0.717) is 5.69 Å². The van der Waals surface area contributed by atoms with Gasteiger partial charge >= 0.3 is 12.0 Å². The molecule has 0 aliphatic carbocycles. The van der Waals surface area contributed by atoms with Crippen LogP contribution in [0.1, 0.15) is 18.1 Å². The lowest BCUT2D eigenvalue weighted by Gasteiger charge is -2.13. The molecule has 0 heterocycles. The van der Waals surface area contributed by atoms with Gasteiger partial charge in [-0.2, -0.15) is 0 Å². The molecule has 0 saturated heterocycles. The maximum Gasteiger partial charge on any atom is 0.328 e. The zero-order chi connectivity index (χ0) is 13.7. The second-order valence-corrected chi connectivity index (χ2v) is 4.22. The molecule has 0 spiro atoms. The molecule has 1 rings (SSSR count). The Balaban J connectivity index is 2.62. The second kappa shape index (κ2) is 6.05. The van der Waals surface area contributed by atoms with Crippen molar-refractivity contribution in [3.8, 4) is 0 Å². The van der Waals surface area contributed by atoms with E-state index in [4.69, 9.17) is 0 Å². The Bertz CT molecular complexity index is 437. The van der Waals surface area contributed by atoms with E-state index in [0.717, 1.165) is 11.1 Å². The van der Waals surface area contributed by atoms with Crippen molar-refractivity contribution in [3.05, 3.63) is 29.3 Å². The normalized spacial score (nSPS) is 11.6. The summed E-state index contributed by atoms with van der Waals surface area (Å²) in [6, 6.07) is 4.61. The number of nitrogens with one attached hydrogen (secondary N) is 2. The number of ether oxygens (including phenoxy) is 1. The number of hydrogen-bond donors (Lipinski definition) is 2. The van der Waals surface area contributed by atoms with E-state index in [1.165, 1.54) is 7.11 Å². The smallest absolute Gasteiger partial charge is 0.328 e. The quantitative estimate of drug-likeness (QED) is 0.806. The van der Waals surface area contributed by atoms with Crippen LogP contribution in [0.3, 0.4) is 0 Å². The van der Waals surface area contributed by atoms with Gasteiger partial charge < -0.3 is 15.4 Å². The maximum atomic E-state index is 11.6. The minimum Gasteiger partial charge on any atom is -0.467 e. The maximum absolute atomic E-state index is 11.6. The van der Waals surface area contributed by atoms with Crippen LogP contribution in [0.5, 0.6) is 0 Å². The summed E-state index contributed by atoms with van der Waals surface area (Å²) in [7, 11) is 1.28. The Labute approximate surface area is 107 Å². The summed E-state index contributed by atoms with van der Waals surface area (Å²) >= 11 is 0. The predicted molar refractivity (Wildman–Crippen MR) is 69.5 cm³/mol. The number of aryl methyl sites for hydroxylation is 2. The van der Waals surface area contributed by atoms with E-state index in [-0.39, 0.29) is 0 Å². The SMILES string of the molecule is COC(=O)[C@H](C)NC(=O)Nc1cc(C)cc(C)c1. The molecule has 18 heavy (non-hydrogen) atoms. The molecule has 0 unspecified atom stereocenters. The van der Waals surface area contributed by atoms with Crippen LogP contribution in [0.15, 0.2) is 18.2 Å². The van der Waals surface area contributed by atoms with Crippen molar-refractivity contribution in [3.63, 3.8) is 0 Å². The number of carbonyl (C=O) groups excluding carboxylic acids is 2. The fraction of sp³-hybridized carbons (Fsp3) is 0.385. The molecule has 2 N–H and O–H groups in total. The molecular formula is C13H18N2O3. The Hall–Kier alpha value is -2.04.